The predicted molar refractivity (Wildman–Crippen MR) is 95.8 cm³/mol. The fourth-order valence-corrected chi connectivity index (χ4v) is 3.77. The Labute approximate surface area is 152 Å². The number of aromatic nitrogens is 6. The van der Waals surface area contributed by atoms with E-state index >= 15 is 0 Å². The number of tetrazole rings is 1. The summed E-state index contributed by atoms with van der Waals surface area (Å²) in [5.74, 6) is 1.65. The van der Waals surface area contributed by atoms with E-state index in [2.05, 4.69) is 38.7 Å². The van der Waals surface area contributed by atoms with Crippen LogP contribution in [0.2, 0.25) is 0 Å². The smallest absolute Gasteiger partial charge is 0.237 e. The maximum atomic E-state index is 5.32. The second-order valence-electron chi connectivity index (χ2n) is 5.48. The molecular weight excluding hydrogens is 356 g/mol. The van der Waals surface area contributed by atoms with Gasteiger partial charge >= 0.3 is 0 Å². The van der Waals surface area contributed by atoms with Crippen LogP contribution in [0.4, 0.5) is 0 Å². The van der Waals surface area contributed by atoms with Gasteiger partial charge in [-0.25, -0.2) is 0 Å². The second kappa shape index (κ2) is 6.77. The Kier molecular flexibility index (Phi) is 4.33. The van der Waals surface area contributed by atoms with Crippen LogP contribution in [0.25, 0.3) is 17.1 Å². The summed E-state index contributed by atoms with van der Waals surface area (Å²) in [6.45, 7) is 4.11. The summed E-state index contributed by atoms with van der Waals surface area (Å²) >= 11 is 3.06. The molecule has 0 aliphatic carbocycles. The molecule has 0 spiro atoms. The molecule has 3 heterocycles. The fourth-order valence-electron chi connectivity index (χ4n) is 2.41. The minimum atomic E-state index is 0.502. The molecule has 0 atom stereocenters. The molecule has 0 radical (unpaired) electrons. The summed E-state index contributed by atoms with van der Waals surface area (Å²) in [5, 5.41) is 20.7. The van der Waals surface area contributed by atoms with Crippen LogP contribution in [0.1, 0.15) is 17.0 Å². The number of hydrogen-bond acceptors (Lipinski definition) is 8. The molecule has 126 valence electrons. The average molecular weight is 370 g/mol. The number of hydrogen-bond donors (Lipinski definition) is 0. The van der Waals surface area contributed by atoms with Crippen molar-refractivity contribution >= 4 is 23.1 Å². The highest BCUT2D eigenvalue weighted by molar-refractivity contribution is 7.98. The van der Waals surface area contributed by atoms with Crippen LogP contribution in [-0.2, 0) is 5.75 Å². The van der Waals surface area contributed by atoms with Gasteiger partial charge in [-0.2, -0.15) is 21.0 Å². The van der Waals surface area contributed by atoms with E-state index in [9.17, 15) is 0 Å². The SMILES string of the molecule is Cc1ccc(-n2nnnc2SCc2nc(-c3ccsc3)no2)c(C)c1. The number of rotatable bonds is 5. The number of nitrogens with zero attached hydrogens (tertiary/aromatic N) is 6. The van der Waals surface area contributed by atoms with Crippen LogP contribution in [-0.4, -0.2) is 30.3 Å². The minimum Gasteiger partial charge on any atom is -0.338 e. The monoisotopic (exact) mass is 370 g/mol. The molecule has 1 aromatic carbocycles. The Bertz CT molecular complexity index is 992. The third-order valence-electron chi connectivity index (χ3n) is 3.59. The highest BCUT2D eigenvalue weighted by atomic mass is 32.2. The topological polar surface area (TPSA) is 82.5 Å². The zero-order valence-corrected chi connectivity index (χ0v) is 15.2. The van der Waals surface area contributed by atoms with Crippen molar-refractivity contribution < 1.29 is 4.52 Å². The zero-order chi connectivity index (χ0) is 17.2. The normalized spacial score (nSPS) is 11.1. The highest BCUT2D eigenvalue weighted by Gasteiger charge is 2.14. The first-order chi connectivity index (χ1) is 12.2. The molecule has 0 N–H and O–H groups in total. The van der Waals surface area contributed by atoms with Crippen LogP contribution in [0.3, 0.4) is 0 Å². The first-order valence-electron chi connectivity index (χ1n) is 7.54. The summed E-state index contributed by atoms with van der Waals surface area (Å²) in [6.07, 6.45) is 0. The first kappa shape index (κ1) is 16.0. The van der Waals surface area contributed by atoms with E-state index < -0.39 is 0 Å². The van der Waals surface area contributed by atoms with Gasteiger partial charge in [0.2, 0.25) is 16.9 Å². The number of thioether (sulfide) groups is 1. The van der Waals surface area contributed by atoms with E-state index in [0.29, 0.717) is 22.6 Å². The van der Waals surface area contributed by atoms with Gasteiger partial charge in [0.15, 0.2) is 0 Å². The maximum Gasteiger partial charge on any atom is 0.237 e. The lowest BCUT2D eigenvalue weighted by Gasteiger charge is -2.07. The molecular formula is C16H14N6OS2. The largest absolute Gasteiger partial charge is 0.338 e. The van der Waals surface area contributed by atoms with E-state index in [1.54, 1.807) is 16.0 Å². The predicted octanol–water partition coefficient (Wildman–Crippen LogP) is 3.68. The molecule has 0 aliphatic rings. The Morgan fingerprint density at radius 1 is 1.24 bits per heavy atom. The van der Waals surface area contributed by atoms with Crippen LogP contribution in [0, 0.1) is 13.8 Å². The van der Waals surface area contributed by atoms with Gasteiger partial charge in [-0.15, -0.1) is 5.10 Å². The molecule has 4 rings (SSSR count). The van der Waals surface area contributed by atoms with Gasteiger partial charge in [0.05, 0.1) is 11.4 Å². The molecule has 4 aromatic rings. The van der Waals surface area contributed by atoms with Crippen LogP contribution in [0.15, 0.2) is 44.7 Å². The highest BCUT2D eigenvalue weighted by Crippen LogP contribution is 2.25. The summed E-state index contributed by atoms with van der Waals surface area (Å²) in [4.78, 5) is 4.41. The fraction of sp³-hybridized carbons (Fsp3) is 0.188. The quantitative estimate of drug-likeness (QED) is 0.496. The number of benzene rings is 1. The molecule has 0 fully saturated rings. The summed E-state index contributed by atoms with van der Waals surface area (Å²) < 4.78 is 7.05. The van der Waals surface area contributed by atoms with E-state index in [4.69, 9.17) is 4.52 Å². The van der Waals surface area contributed by atoms with Gasteiger partial charge in [0, 0.05) is 10.9 Å². The van der Waals surface area contributed by atoms with E-state index in [1.807, 2.05) is 35.9 Å². The lowest BCUT2D eigenvalue weighted by atomic mass is 10.1. The molecule has 25 heavy (non-hydrogen) atoms. The Hall–Kier alpha value is -2.52. The number of thiophene rings is 1. The zero-order valence-electron chi connectivity index (χ0n) is 13.6. The Morgan fingerprint density at radius 2 is 2.16 bits per heavy atom. The van der Waals surface area contributed by atoms with Gasteiger partial charge in [0.1, 0.15) is 0 Å². The van der Waals surface area contributed by atoms with E-state index in [1.165, 1.54) is 17.3 Å². The number of aryl methyl sites for hydroxylation is 2. The lowest BCUT2D eigenvalue weighted by Crippen LogP contribution is -2.02. The van der Waals surface area contributed by atoms with E-state index in [0.717, 1.165) is 16.8 Å². The van der Waals surface area contributed by atoms with Crippen molar-refractivity contribution in [3.05, 3.63) is 52.0 Å². The van der Waals surface area contributed by atoms with Gasteiger partial charge in [-0.3, -0.25) is 0 Å². The molecule has 9 heteroatoms. The van der Waals surface area contributed by atoms with Crippen molar-refractivity contribution in [1.29, 1.82) is 0 Å². The van der Waals surface area contributed by atoms with Crippen molar-refractivity contribution in [3.8, 4) is 17.1 Å². The molecule has 0 unspecified atom stereocenters. The molecule has 0 amide bonds. The summed E-state index contributed by atoms with van der Waals surface area (Å²) in [6, 6.07) is 8.14. The maximum absolute atomic E-state index is 5.32. The van der Waals surface area contributed by atoms with Crippen molar-refractivity contribution in [2.75, 3.05) is 0 Å². The van der Waals surface area contributed by atoms with Gasteiger partial charge in [-0.05, 0) is 47.4 Å². The molecule has 0 saturated carbocycles. The van der Waals surface area contributed by atoms with Crippen molar-refractivity contribution in [2.24, 2.45) is 0 Å². The summed E-state index contributed by atoms with van der Waals surface area (Å²) in [5.41, 5.74) is 4.25. The van der Waals surface area contributed by atoms with Gasteiger partial charge in [0.25, 0.3) is 0 Å². The molecule has 0 aliphatic heterocycles. The molecule has 3 aromatic heterocycles. The third-order valence-corrected chi connectivity index (χ3v) is 5.18. The van der Waals surface area contributed by atoms with Crippen molar-refractivity contribution in [3.63, 3.8) is 0 Å². The van der Waals surface area contributed by atoms with Gasteiger partial charge < -0.3 is 4.52 Å². The third kappa shape index (κ3) is 3.33. The summed E-state index contributed by atoms with van der Waals surface area (Å²) in [7, 11) is 0. The first-order valence-corrected chi connectivity index (χ1v) is 9.47. The minimum absolute atomic E-state index is 0.502. The molecule has 0 bridgehead atoms. The average Bonchev–Trinajstić information content (AvgIpc) is 3.34. The van der Waals surface area contributed by atoms with Crippen LogP contribution < -0.4 is 0 Å². The molecule has 0 saturated heterocycles. The van der Waals surface area contributed by atoms with Crippen molar-refractivity contribution in [2.45, 2.75) is 24.8 Å². The standard InChI is InChI=1S/C16H14N6OS2/c1-10-3-4-13(11(2)7-10)22-16(18-20-21-22)25-9-14-17-15(19-23-14)12-5-6-24-8-12/h3-8H,9H2,1-2H3. The Balaban J connectivity index is 1.52. The second-order valence-corrected chi connectivity index (χ2v) is 7.20. The lowest BCUT2D eigenvalue weighted by molar-refractivity contribution is 0.391. The Morgan fingerprint density at radius 3 is 2.96 bits per heavy atom. The van der Waals surface area contributed by atoms with Crippen LogP contribution in [0.5, 0.6) is 0 Å². The van der Waals surface area contributed by atoms with Gasteiger partial charge in [-0.1, -0.05) is 34.6 Å². The molecule has 7 nitrogen and oxygen atoms in total. The van der Waals surface area contributed by atoms with Crippen LogP contribution >= 0.6 is 23.1 Å². The van der Waals surface area contributed by atoms with Crippen molar-refractivity contribution in [1.82, 2.24) is 30.3 Å². The van der Waals surface area contributed by atoms with E-state index in [-0.39, 0.29) is 0 Å².